The monoisotopic (exact) mass is 660 g/mol. The van der Waals surface area contributed by atoms with Gasteiger partial charge in [-0.05, 0) is 110 Å². The second-order valence-electron chi connectivity index (χ2n) is 17.1. The predicted molar refractivity (Wildman–Crippen MR) is 179 cm³/mol. The topological polar surface area (TPSA) is 97.4 Å². The van der Waals surface area contributed by atoms with Crippen molar-refractivity contribution in [2.24, 2.45) is 52.3 Å². The fourth-order valence-corrected chi connectivity index (χ4v) is 11.6. The quantitative estimate of drug-likeness (QED) is 0.125. The number of carbonyl (C=O) groups is 3. The van der Waals surface area contributed by atoms with Crippen molar-refractivity contribution < 1.29 is 38.1 Å². The lowest BCUT2D eigenvalue weighted by molar-refractivity contribution is -0.283. The average molecular weight is 661 g/mol. The first-order chi connectivity index (χ1) is 22.2. The summed E-state index contributed by atoms with van der Waals surface area (Å²) in [4.78, 5) is 35.5. The van der Waals surface area contributed by atoms with Gasteiger partial charge < -0.3 is 23.7 Å². The molecule has 268 valence electrons. The van der Waals surface area contributed by atoms with Crippen LogP contribution < -0.4 is 0 Å². The van der Waals surface area contributed by atoms with Crippen LogP contribution in [0, 0.1) is 52.3 Å². The number of hydrogen-bond donors (Lipinski definition) is 0. The number of hydrogen-bond acceptors (Lipinski definition) is 8. The van der Waals surface area contributed by atoms with Crippen molar-refractivity contribution in [1.29, 1.82) is 0 Å². The van der Waals surface area contributed by atoms with Gasteiger partial charge in [-0.3, -0.25) is 14.4 Å². The zero-order valence-electron chi connectivity index (χ0n) is 30.6. The zero-order valence-corrected chi connectivity index (χ0v) is 30.6. The smallest absolute Gasteiger partial charge is 0.303 e. The van der Waals surface area contributed by atoms with Crippen molar-refractivity contribution in [3.8, 4) is 0 Å². The van der Waals surface area contributed by atoms with Crippen LogP contribution in [0.5, 0.6) is 0 Å². The zero-order chi connectivity index (χ0) is 34.1. The summed E-state index contributed by atoms with van der Waals surface area (Å²) >= 11 is 0. The summed E-state index contributed by atoms with van der Waals surface area (Å²) in [5, 5.41) is 0. The molecule has 0 aromatic heterocycles. The standard InChI is InChI=1S/C39H64O8/c1-23(2)10-9-11-24(3)31-14-15-32-30-13-12-28-20-29(16-18-38(28,7)33(30)17-19-39(31,32)8)46-36-21-34(44-26(5)41)37(45-27(6)42)35(47-36)22-43-25(4)40/h23-24,28-37H,9-22H2,1-8H3/t24-,28+,29+,30+,31-,32+,33+,34-,35-,36+,37-,38+,39-/m1/s1. The molecule has 5 aliphatic rings. The van der Waals surface area contributed by atoms with Gasteiger partial charge in [0.1, 0.15) is 18.8 Å². The largest absolute Gasteiger partial charge is 0.463 e. The summed E-state index contributed by atoms with van der Waals surface area (Å²) in [6.45, 7) is 16.4. The second-order valence-corrected chi connectivity index (χ2v) is 17.1. The summed E-state index contributed by atoms with van der Waals surface area (Å²) in [5.41, 5.74) is 0.850. The van der Waals surface area contributed by atoms with Crippen LogP contribution in [0.2, 0.25) is 0 Å². The maximum absolute atomic E-state index is 12.0. The molecule has 0 radical (unpaired) electrons. The van der Waals surface area contributed by atoms with Gasteiger partial charge in [0.15, 0.2) is 12.4 Å². The minimum atomic E-state index is -0.879. The van der Waals surface area contributed by atoms with E-state index in [9.17, 15) is 14.4 Å². The highest BCUT2D eigenvalue weighted by atomic mass is 16.7. The third-order valence-corrected chi connectivity index (χ3v) is 13.7. The molecule has 0 spiro atoms. The summed E-state index contributed by atoms with van der Waals surface area (Å²) in [6.07, 6.45) is 12.7. The predicted octanol–water partition coefficient (Wildman–Crippen LogP) is 8.03. The van der Waals surface area contributed by atoms with E-state index in [-0.39, 0.29) is 19.1 Å². The van der Waals surface area contributed by atoms with Gasteiger partial charge in [0.05, 0.1) is 6.10 Å². The van der Waals surface area contributed by atoms with E-state index in [1.165, 1.54) is 78.6 Å². The highest BCUT2D eigenvalue weighted by molar-refractivity contribution is 5.67. The fraction of sp³-hybridized carbons (Fsp3) is 0.923. The molecule has 1 saturated heterocycles. The Kier molecular flexibility index (Phi) is 11.7. The minimum absolute atomic E-state index is 0.0451. The number of rotatable bonds is 11. The average Bonchev–Trinajstić information content (AvgIpc) is 3.34. The number of esters is 3. The van der Waals surface area contributed by atoms with E-state index in [1.807, 2.05) is 0 Å². The summed E-state index contributed by atoms with van der Waals surface area (Å²) in [5.74, 6) is 4.22. The molecular formula is C39H64O8. The third kappa shape index (κ3) is 8.05. The summed E-state index contributed by atoms with van der Waals surface area (Å²) < 4.78 is 29.3. The molecule has 1 aliphatic heterocycles. The molecule has 13 atom stereocenters. The van der Waals surface area contributed by atoms with Gasteiger partial charge in [-0.15, -0.1) is 0 Å². The van der Waals surface area contributed by atoms with Gasteiger partial charge in [-0.25, -0.2) is 0 Å². The Balaban J connectivity index is 1.22. The van der Waals surface area contributed by atoms with E-state index in [0.717, 1.165) is 54.8 Å². The molecule has 0 amide bonds. The second kappa shape index (κ2) is 15.1. The molecule has 1 heterocycles. The minimum Gasteiger partial charge on any atom is -0.463 e. The van der Waals surface area contributed by atoms with E-state index in [1.54, 1.807) is 0 Å². The molecule has 8 nitrogen and oxygen atoms in total. The fourth-order valence-electron chi connectivity index (χ4n) is 11.6. The maximum atomic E-state index is 12.0. The van der Waals surface area contributed by atoms with Crippen molar-refractivity contribution in [2.45, 2.75) is 170 Å². The van der Waals surface area contributed by atoms with Crippen molar-refractivity contribution in [1.82, 2.24) is 0 Å². The van der Waals surface area contributed by atoms with Crippen LogP contribution in [-0.4, -0.2) is 55.2 Å². The van der Waals surface area contributed by atoms with Crippen LogP contribution in [0.1, 0.15) is 139 Å². The molecule has 4 saturated carbocycles. The van der Waals surface area contributed by atoms with Gasteiger partial charge in [0.2, 0.25) is 0 Å². The first-order valence-corrected chi connectivity index (χ1v) is 19.0. The molecule has 5 fully saturated rings. The highest BCUT2D eigenvalue weighted by Gasteiger charge is 2.61. The molecular weight excluding hydrogens is 596 g/mol. The molecule has 8 heteroatoms. The Labute approximate surface area is 284 Å². The van der Waals surface area contributed by atoms with Crippen molar-refractivity contribution in [3.63, 3.8) is 0 Å². The molecule has 0 aromatic carbocycles. The molecule has 4 aliphatic carbocycles. The number of ether oxygens (including phenoxy) is 5. The Hall–Kier alpha value is -1.67. The van der Waals surface area contributed by atoms with Crippen molar-refractivity contribution in [2.75, 3.05) is 6.61 Å². The van der Waals surface area contributed by atoms with Gasteiger partial charge >= 0.3 is 17.9 Å². The van der Waals surface area contributed by atoms with E-state index in [4.69, 9.17) is 23.7 Å². The van der Waals surface area contributed by atoms with Crippen LogP contribution in [0.4, 0.5) is 0 Å². The van der Waals surface area contributed by atoms with E-state index in [2.05, 4.69) is 34.6 Å². The summed E-state index contributed by atoms with van der Waals surface area (Å²) in [7, 11) is 0. The number of fused-ring (bicyclic) bond motifs is 5. The van der Waals surface area contributed by atoms with Gasteiger partial charge in [-0.2, -0.15) is 0 Å². The van der Waals surface area contributed by atoms with Crippen LogP contribution in [0.15, 0.2) is 0 Å². The third-order valence-electron chi connectivity index (χ3n) is 13.7. The SMILES string of the molecule is CC(=O)OC[C@H]1O[C@H](O[C@H]2CC[C@@]3(C)[C@@H](CC[C@@H]4[C@@H]3CC[C@]3(C)[C@@H]([C@H](C)CCCC(C)C)CC[C@@H]43)C2)C[C@@H](OC(C)=O)[C@H]1OC(C)=O. The first-order valence-electron chi connectivity index (χ1n) is 19.0. The van der Waals surface area contributed by atoms with Crippen LogP contribution in [-0.2, 0) is 38.1 Å². The molecule has 0 unspecified atom stereocenters. The lowest BCUT2D eigenvalue weighted by Crippen LogP contribution is -2.56. The van der Waals surface area contributed by atoms with Gasteiger partial charge in [0, 0.05) is 27.2 Å². The van der Waals surface area contributed by atoms with Crippen molar-refractivity contribution in [3.05, 3.63) is 0 Å². The lowest BCUT2D eigenvalue weighted by Gasteiger charge is -2.61. The molecule has 0 N–H and O–H groups in total. The van der Waals surface area contributed by atoms with E-state index < -0.39 is 42.5 Å². The van der Waals surface area contributed by atoms with Crippen LogP contribution >= 0.6 is 0 Å². The normalized spacial score (nSPS) is 42.1. The molecule has 0 aromatic rings. The van der Waals surface area contributed by atoms with E-state index >= 15 is 0 Å². The van der Waals surface area contributed by atoms with Crippen LogP contribution in [0.3, 0.4) is 0 Å². The Morgan fingerprint density at radius 1 is 0.787 bits per heavy atom. The summed E-state index contributed by atoms with van der Waals surface area (Å²) in [6, 6.07) is 0. The highest BCUT2D eigenvalue weighted by Crippen LogP contribution is 2.68. The Morgan fingerprint density at radius 3 is 2.17 bits per heavy atom. The van der Waals surface area contributed by atoms with E-state index in [0.29, 0.717) is 16.7 Å². The lowest BCUT2D eigenvalue weighted by atomic mass is 9.44. The van der Waals surface area contributed by atoms with Crippen molar-refractivity contribution >= 4 is 17.9 Å². The molecule has 0 bridgehead atoms. The number of carbonyl (C=O) groups excluding carboxylic acids is 3. The Bertz CT molecular complexity index is 1110. The molecule has 47 heavy (non-hydrogen) atoms. The maximum Gasteiger partial charge on any atom is 0.303 e. The first kappa shape index (κ1) is 36.6. The molecule has 5 rings (SSSR count). The van der Waals surface area contributed by atoms with Gasteiger partial charge in [0.25, 0.3) is 0 Å². The van der Waals surface area contributed by atoms with Gasteiger partial charge in [-0.1, -0.05) is 53.9 Å². The van der Waals surface area contributed by atoms with Crippen LogP contribution in [0.25, 0.3) is 0 Å². The Morgan fingerprint density at radius 2 is 1.49 bits per heavy atom.